The molecule has 0 radical (unpaired) electrons. The van der Waals surface area contributed by atoms with Gasteiger partial charge in [0.1, 0.15) is 5.69 Å². The summed E-state index contributed by atoms with van der Waals surface area (Å²) in [5, 5.41) is 5.33. The minimum Gasteiger partial charge on any atom is -0.334 e. The summed E-state index contributed by atoms with van der Waals surface area (Å²) in [5.41, 5.74) is 0.562. The van der Waals surface area contributed by atoms with Gasteiger partial charge in [-0.05, 0) is 18.4 Å². The Balaban J connectivity index is 0.00000110. The van der Waals surface area contributed by atoms with Gasteiger partial charge in [-0.3, -0.25) is 9.78 Å². The average Bonchev–Trinajstić information content (AvgIpc) is 2.46. The van der Waals surface area contributed by atoms with Crippen LogP contribution in [0.5, 0.6) is 0 Å². The fourth-order valence-corrected chi connectivity index (χ4v) is 2.56. The normalized spacial score (nSPS) is 17.8. The molecular weight excluding hydrogens is 309 g/mol. The summed E-state index contributed by atoms with van der Waals surface area (Å²) in [6.45, 7) is 4.42. The molecule has 1 atom stereocenters. The van der Waals surface area contributed by atoms with E-state index < -0.39 is 0 Å². The lowest BCUT2D eigenvalue weighted by Gasteiger charge is -2.31. The smallest absolute Gasteiger partial charge is 0.273 e. The number of amides is 1. The maximum atomic E-state index is 12.6. The molecule has 4 nitrogen and oxygen atoms in total. The quantitative estimate of drug-likeness (QED) is 0.875. The zero-order valence-electron chi connectivity index (χ0n) is 11.8. The summed E-state index contributed by atoms with van der Waals surface area (Å²) in [5.74, 6) is 0.0325. The second kappa shape index (κ2) is 7.59. The van der Waals surface area contributed by atoms with Crippen LogP contribution in [0.3, 0.4) is 0 Å². The minimum absolute atomic E-state index is 0. The second-order valence-corrected chi connectivity index (χ2v) is 4.99. The Bertz CT molecular complexity index is 615. The van der Waals surface area contributed by atoms with Crippen LogP contribution in [0.15, 0.2) is 36.5 Å². The van der Waals surface area contributed by atoms with Crippen molar-refractivity contribution in [1.29, 1.82) is 0 Å². The standard InChI is InChI=1S/C15H17N3O.2ClH/c1-11-10-18(9-8-16-11)15(19)14-13-5-3-2-4-12(13)6-7-17-14;;/h2-7,11,16H,8-10H2,1H3;2*1H/t11-;;/m1../s1. The van der Waals surface area contributed by atoms with E-state index in [1.807, 2.05) is 35.2 Å². The highest BCUT2D eigenvalue weighted by Gasteiger charge is 2.23. The van der Waals surface area contributed by atoms with Gasteiger partial charge in [-0.15, -0.1) is 24.8 Å². The van der Waals surface area contributed by atoms with E-state index in [4.69, 9.17) is 0 Å². The minimum atomic E-state index is 0. The number of nitrogens with one attached hydrogen (secondary N) is 1. The molecule has 0 spiro atoms. The van der Waals surface area contributed by atoms with Crippen LogP contribution in [0, 0.1) is 0 Å². The Labute approximate surface area is 136 Å². The molecule has 0 saturated carbocycles. The molecule has 2 heterocycles. The van der Waals surface area contributed by atoms with Crippen molar-refractivity contribution in [2.75, 3.05) is 19.6 Å². The number of piperazine rings is 1. The summed E-state index contributed by atoms with van der Waals surface area (Å²) in [6.07, 6.45) is 1.71. The third kappa shape index (κ3) is 3.64. The maximum Gasteiger partial charge on any atom is 0.273 e. The summed E-state index contributed by atoms with van der Waals surface area (Å²) in [7, 11) is 0. The van der Waals surface area contributed by atoms with Gasteiger partial charge in [0.05, 0.1) is 0 Å². The van der Waals surface area contributed by atoms with E-state index in [1.54, 1.807) is 6.20 Å². The Kier molecular flexibility index (Phi) is 6.40. The number of hydrogen-bond donors (Lipinski definition) is 1. The summed E-state index contributed by atoms with van der Waals surface area (Å²) >= 11 is 0. The first-order valence-electron chi connectivity index (χ1n) is 6.62. The Morgan fingerprint density at radius 2 is 2.05 bits per heavy atom. The van der Waals surface area contributed by atoms with E-state index in [0.717, 1.165) is 30.4 Å². The van der Waals surface area contributed by atoms with Crippen molar-refractivity contribution in [3.05, 3.63) is 42.2 Å². The van der Waals surface area contributed by atoms with E-state index in [2.05, 4.69) is 17.2 Å². The molecule has 1 N–H and O–H groups in total. The zero-order chi connectivity index (χ0) is 13.2. The van der Waals surface area contributed by atoms with Gasteiger partial charge in [-0.25, -0.2) is 0 Å². The molecule has 1 amide bonds. The highest BCUT2D eigenvalue weighted by atomic mass is 35.5. The van der Waals surface area contributed by atoms with Crippen molar-refractivity contribution in [2.24, 2.45) is 0 Å². The van der Waals surface area contributed by atoms with Crippen LogP contribution in [0.2, 0.25) is 0 Å². The molecule has 21 heavy (non-hydrogen) atoms. The van der Waals surface area contributed by atoms with Crippen molar-refractivity contribution in [3.63, 3.8) is 0 Å². The van der Waals surface area contributed by atoms with Crippen LogP contribution in [0.1, 0.15) is 17.4 Å². The van der Waals surface area contributed by atoms with Gasteiger partial charge in [0, 0.05) is 37.3 Å². The first kappa shape index (κ1) is 17.7. The Hall–Kier alpha value is -1.36. The van der Waals surface area contributed by atoms with Gasteiger partial charge < -0.3 is 10.2 Å². The number of carbonyl (C=O) groups excluding carboxylic acids is 1. The molecule has 6 heteroatoms. The predicted octanol–water partition coefficient (Wildman–Crippen LogP) is 2.51. The number of rotatable bonds is 1. The summed E-state index contributed by atoms with van der Waals surface area (Å²) in [6, 6.07) is 10.2. The summed E-state index contributed by atoms with van der Waals surface area (Å²) < 4.78 is 0. The lowest BCUT2D eigenvalue weighted by molar-refractivity contribution is 0.0705. The van der Waals surface area contributed by atoms with Crippen molar-refractivity contribution in [1.82, 2.24) is 15.2 Å². The Morgan fingerprint density at radius 1 is 1.29 bits per heavy atom. The second-order valence-electron chi connectivity index (χ2n) is 4.99. The van der Waals surface area contributed by atoms with E-state index in [0.29, 0.717) is 11.7 Å². The fraction of sp³-hybridized carbons (Fsp3) is 0.333. The number of halogens is 2. The maximum absolute atomic E-state index is 12.6. The van der Waals surface area contributed by atoms with Gasteiger partial charge in [-0.1, -0.05) is 24.3 Å². The third-order valence-electron chi connectivity index (χ3n) is 3.53. The molecule has 1 fully saturated rings. The van der Waals surface area contributed by atoms with Gasteiger partial charge in [0.25, 0.3) is 5.91 Å². The molecule has 0 unspecified atom stereocenters. The molecule has 1 aromatic carbocycles. The van der Waals surface area contributed by atoms with Crippen molar-refractivity contribution < 1.29 is 4.79 Å². The predicted molar refractivity (Wildman–Crippen MR) is 89.6 cm³/mol. The molecule has 2 aromatic rings. The topological polar surface area (TPSA) is 45.2 Å². The number of hydrogen-bond acceptors (Lipinski definition) is 3. The zero-order valence-corrected chi connectivity index (χ0v) is 13.4. The first-order chi connectivity index (χ1) is 9.25. The number of aromatic nitrogens is 1. The average molecular weight is 328 g/mol. The molecule has 0 bridgehead atoms. The van der Waals surface area contributed by atoms with Crippen LogP contribution in [0.25, 0.3) is 10.8 Å². The lowest BCUT2D eigenvalue weighted by Crippen LogP contribution is -2.51. The highest BCUT2D eigenvalue weighted by Crippen LogP contribution is 2.18. The molecule has 114 valence electrons. The van der Waals surface area contributed by atoms with E-state index in [9.17, 15) is 4.79 Å². The number of nitrogens with zero attached hydrogens (tertiary/aromatic N) is 2. The van der Waals surface area contributed by atoms with Crippen LogP contribution < -0.4 is 5.32 Å². The molecule has 1 aromatic heterocycles. The van der Waals surface area contributed by atoms with Crippen molar-refractivity contribution in [3.8, 4) is 0 Å². The molecule has 3 rings (SSSR count). The third-order valence-corrected chi connectivity index (χ3v) is 3.53. The summed E-state index contributed by atoms with van der Waals surface area (Å²) in [4.78, 5) is 18.8. The van der Waals surface area contributed by atoms with Gasteiger partial charge in [0.15, 0.2) is 0 Å². The SMILES string of the molecule is C[C@@H]1CN(C(=O)c2nccc3ccccc23)CCN1.Cl.Cl. The number of carbonyl (C=O) groups is 1. The lowest BCUT2D eigenvalue weighted by atomic mass is 10.1. The number of fused-ring (bicyclic) bond motifs is 1. The van der Waals surface area contributed by atoms with Crippen LogP contribution in [0.4, 0.5) is 0 Å². The van der Waals surface area contributed by atoms with Crippen molar-refractivity contribution in [2.45, 2.75) is 13.0 Å². The van der Waals surface area contributed by atoms with E-state index >= 15 is 0 Å². The molecule has 0 aliphatic carbocycles. The van der Waals surface area contributed by atoms with Crippen LogP contribution >= 0.6 is 24.8 Å². The van der Waals surface area contributed by atoms with Gasteiger partial charge >= 0.3 is 0 Å². The number of benzene rings is 1. The molecule has 1 aliphatic rings. The van der Waals surface area contributed by atoms with Gasteiger partial charge in [0.2, 0.25) is 0 Å². The molecular formula is C15H19Cl2N3O. The van der Waals surface area contributed by atoms with Crippen LogP contribution in [-0.2, 0) is 0 Å². The number of pyridine rings is 1. The first-order valence-corrected chi connectivity index (χ1v) is 6.62. The van der Waals surface area contributed by atoms with E-state index in [1.165, 1.54) is 0 Å². The highest BCUT2D eigenvalue weighted by molar-refractivity contribution is 6.05. The Morgan fingerprint density at radius 3 is 2.81 bits per heavy atom. The van der Waals surface area contributed by atoms with Crippen molar-refractivity contribution >= 4 is 41.5 Å². The monoisotopic (exact) mass is 327 g/mol. The van der Waals surface area contributed by atoms with Crippen LogP contribution in [-0.4, -0.2) is 41.5 Å². The molecule has 1 saturated heterocycles. The van der Waals surface area contributed by atoms with Gasteiger partial charge in [-0.2, -0.15) is 0 Å². The largest absolute Gasteiger partial charge is 0.334 e. The molecule has 1 aliphatic heterocycles. The van der Waals surface area contributed by atoms with E-state index in [-0.39, 0.29) is 30.7 Å². The fourth-order valence-electron chi connectivity index (χ4n) is 2.56.